The van der Waals surface area contributed by atoms with Crippen LogP contribution in [0.1, 0.15) is 0 Å². The highest BCUT2D eigenvalue weighted by atomic mass is 32.1. The fourth-order valence-electron chi connectivity index (χ4n) is 0.631. The number of thiocarbonyl (C=S) groups is 1. The molecule has 0 N–H and O–H groups in total. The Morgan fingerprint density at radius 3 is 3.20 bits per heavy atom. The number of isothiocyanates is 1. The summed E-state index contributed by atoms with van der Waals surface area (Å²) < 4.78 is 1.80. The number of hydrogen-bond donors (Lipinski definition) is 0. The van der Waals surface area contributed by atoms with E-state index in [1.165, 1.54) is 0 Å². The molecule has 3 nitrogen and oxygen atoms in total. The SMILES string of the molecule is S=C=NCCn1cccn1. The molecule has 0 fully saturated rings. The average Bonchev–Trinajstić information content (AvgIpc) is 2.41. The molecule has 0 saturated carbocycles. The minimum absolute atomic E-state index is 0.658. The van der Waals surface area contributed by atoms with Crippen LogP contribution in [0.2, 0.25) is 0 Å². The van der Waals surface area contributed by atoms with E-state index in [0.717, 1.165) is 6.54 Å². The van der Waals surface area contributed by atoms with Gasteiger partial charge in [-0.3, -0.25) is 4.68 Å². The van der Waals surface area contributed by atoms with Gasteiger partial charge >= 0.3 is 0 Å². The molecule has 4 heteroatoms. The Labute approximate surface area is 64.4 Å². The first kappa shape index (κ1) is 7.12. The van der Waals surface area contributed by atoms with Gasteiger partial charge in [0.2, 0.25) is 0 Å². The maximum atomic E-state index is 4.40. The zero-order valence-electron chi connectivity index (χ0n) is 5.40. The molecular weight excluding hydrogens is 146 g/mol. The van der Waals surface area contributed by atoms with E-state index in [0.29, 0.717) is 6.54 Å². The zero-order chi connectivity index (χ0) is 7.23. The van der Waals surface area contributed by atoms with Crippen molar-refractivity contribution in [3.8, 4) is 0 Å². The van der Waals surface area contributed by atoms with Crippen LogP contribution in [-0.2, 0) is 6.54 Å². The second-order valence-electron chi connectivity index (χ2n) is 1.74. The van der Waals surface area contributed by atoms with Crippen LogP contribution in [-0.4, -0.2) is 21.5 Å². The molecule has 0 unspecified atom stereocenters. The normalized spacial score (nSPS) is 8.80. The molecule has 1 aromatic heterocycles. The lowest BCUT2D eigenvalue weighted by molar-refractivity contribution is 0.627. The minimum Gasteiger partial charge on any atom is -0.271 e. The van der Waals surface area contributed by atoms with Crippen LogP contribution < -0.4 is 0 Å². The molecule has 0 aliphatic heterocycles. The maximum absolute atomic E-state index is 4.40. The number of rotatable bonds is 3. The van der Waals surface area contributed by atoms with Gasteiger partial charge in [0.1, 0.15) is 0 Å². The third kappa shape index (κ3) is 2.09. The summed E-state index contributed by atoms with van der Waals surface area (Å²) >= 11 is 4.40. The minimum atomic E-state index is 0.658. The first-order chi connectivity index (χ1) is 4.93. The van der Waals surface area contributed by atoms with Crippen molar-refractivity contribution in [2.45, 2.75) is 6.54 Å². The molecule has 0 atom stereocenters. The van der Waals surface area contributed by atoms with E-state index in [9.17, 15) is 0 Å². The van der Waals surface area contributed by atoms with Crippen molar-refractivity contribution < 1.29 is 0 Å². The summed E-state index contributed by atoms with van der Waals surface area (Å²) in [6.07, 6.45) is 3.63. The molecule has 0 spiro atoms. The molecule has 0 aliphatic rings. The van der Waals surface area contributed by atoms with Crippen molar-refractivity contribution in [1.29, 1.82) is 0 Å². The summed E-state index contributed by atoms with van der Waals surface area (Å²) in [6.45, 7) is 1.43. The Bertz CT molecular complexity index is 223. The first-order valence-corrected chi connectivity index (χ1v) is 3.35. The van der Waals surface area contributed by atoms with Gasteiger partial charge in [0.15, 0.2) is 0 Å². The van der Waals surface area contributed by atoms with Crippen LogP contribution in [0.5, 0.6) is 0 Å². The van der Waals surface area contributed by atoms with Crippen molar-refractivity contribution in [3.05, 3.63) is 18.5 Å². The predicted molar refractivity (Wildman–Crippen MR) is 42.1 cm³/mol. The van der Waals surface area contributed by atoms with Gasteiger partial charge in [0, 0.05) is 12.4 Å². The molecule has 1 rings (SSSR count). The maximum Gasteiger partial charge on any atom is 0.0689 e. The van der Waals surface area contributed by atoms with Gasteiger partial charge in [-0.2, -0.15) is 5.10 Å². The number of aromatic nitrogens is 2. The van der Waals surface area contributed by atoms with Gasteiger partial charge in [-0.15, -0.1) is 0 Å². The molecule has 52 valence electrons. The lowest BCUT2D eigenvalue weighted by Crippen LogP contribution is -2.00. The summed E-state index contributed by atoms with van der Waals surface area (Å²) in [5, 5.41) is 6.28. The smallest absolute Gasteiger partial charge is 0.0689 e. The van der Waals surface area contributed by atoms with Gasteiger partial charge in [-0.05, 0) is 18.3 Å². The van der Waals surface area contributed by atoms with Crippen LogP contribution in [0, 0.1) is 0 Å². The second kappa shape index (κ2) is 3.93. The zero-order valence-corrected chi connectivity index (χ0v) is 6.21. The number of hydrogen-bond acceptors (Lipinski definition) is 3. The van der Waals surface area contributed by atoms with Crippen LogP contribution in [0.3, 0.4) is 0 Å². The van der Waals surface area contributed by atoms with Gasteiger partial charge in [0.05, 0.1) is 18.3 Å². The second-order valence-corrected chi connectivity index (χ2v) is 1.92. The number of nitrogens with zero attached hydrogens (tertiary/aromatic N) is 3. The lowest BCUT2D eigenvalue weighted by atomic mass is 10.6. The molecule has 10 heavy (non-hydrogen) atoms. The molecule has 0 saturated heterocycles. The third-order valence-corrected chi connectivity index (χ3v) is 1.19. The van der Waals surface area contributed by atoms with Crippen LogP contribution in [0.4, 0.5) is 0 Å². The standard InChI is InChI=1S/C6H7N3S/c10-6-7-3-5-9-4-1-2-8-9/h1-2,4H,3,5H2. The molecule has 0 aromatic carbocycles. The molecule has 1 heterocycles. The molecular formula is C6H7N3S. The largest absolute Gasteiger partial charge is 0.271 e. The topological polar surface area (TPSA) is 30.2 Å². The van der Waals surface area contributed by atoms with E-state index >= 15 is 0 Å². The van der Waals surface area contributed by atoms with E-state index in [-0.39, 0.29) is 0 Å². The Morgan fingerprint density at radius 1 is 1.70 bits per heavy atom. The highest BCUT2D eigenvalue weighted by Gasteiger charge is 1.85. The quantitative estimate of drug-likeness (QED) is 0.478. The Morgan fingerprint density at radius 2 is 2.60 bits per heavy atom. The van der Waals surface area contributed by atoms with Crippen molar-refractivity contribution in [2.24, 2.45) is 4.99 Å². The number of aliphatic imine (C=N–C) groups is 1. The van der Waals surface area contributed by atoms with Crippen molar-refractivity contribution in [3.63, 3.8) is 0 Å². The van der Waals surface area contributed by atoms with E-state index in [4.69, 9.17) is 0 Å². The van der Waals surface area contributed by atoms with Crippen LogP contribution in [0.15, 0.2) is 23.5 Å². The van der Waals surface area contributed by atoms with E-state index in [1.807, 2.05) is 12.3 Å². The van der Waals surface area contributed by atoms with Crippen LogP contribution in [0.25, 0.3) is 0 Å². The summed E-state index contributed by atoms with van der Waals surface area (Å²) in [4.78, 5) is 3.75. The molecule has 1 aromatic rings. The van der Waals surface area contributed by atoms with E-state index in [1.54, 1.807) is 10.9 Å². The molecule has 0 bridgehead atoms. The van der Waals surface area contributed by atoms with Crippen molar-refractivity contribution in [1.82, 2.24) is 9.78 Å². The molecule has 0 amide bonds. The van der Waals surface area contributed by atoms with E-state index in [2.05, 4.69) is 27.5 Å². The van der Waals surface area contributed by atoms with Crippen molar-refractivity contribution in [2.75, 3.05) is 6.54 Å². The van der Waals surface area contributed by atoms with Gasteiger partial charge in [0.25, 0.3) is 0 Å². The summed E-state index contributed by atoms with van der Waals surface area (Å²) in [6, 6.07) is 1.88. The molecule has 0 aliphatic carbocycles. The summed E-state index contributed by atoms with van der Waals surface area (Å²) in [5.41, 5.74) is 0. The summed E-state index contributed by atoms with van der Waals surface area (Å²) in [5.74, 6) is 0. The first-order valence-electron chi connectivity index (χ1n) is 2.94. The van der Waals surface area contributed by atoms with E-state index < -0.39 is 0 Å². The summed E-state index contributed by atoms with van der Waals surface area (Å²) in [7, 11) is 0. The van der Waals surface area contributed by atoms with Crippen molar-refractivity contribution >= 4 is 17.4 Å². The fraction of sp³-hybridized carbons (Fsp3) is 0.333. The average molecular weight is 153 g/mol. The predicted octanol–water partition coefficient (Wildman–Crippen LogP) is 0.986. The Kier molecular flexibility index (Phi) is 2.80. The van der Waals surface area contributed by atoms with Gasteiger partial charge in [-0.25, -0.2) is 4.99 Å². The van der Waals surface area contributed by atoms with Gasteiger partial charge < -0.3 is 0 Å². The Balaban J connectivity index is 2.34. The third-order valence-electron chi connectivity index (χ3n) is 1.06. The highest BCUT2D eigenvalue weighted by Crippen LogP contribution is 1.83. The van der Waals surface area contributed by atoms with Crippen LogP contribution >= 0.6 is 12.2 Å². The van der Waals surface area contributed by atoms with Gasteiger partial charge in [-0.1, -0.05) is 0 Å². The monoisotopic (exact) mass is 153 g/mol. The highest BCUT2D eigenvalue weighted by molar-refractivity contribution is 7.78. The Hall–Kier alpha value is -0.990. The lowest BCUT2D eigenvalue weighted by Gasteiger charge is -1.93. The fourth-order valence-corrected chi connectivity index (χ4v) is 0.722. The molecule has 0 radical (unpaired) electrons.